The van der Waals surface area contributed by atoms with Gasteiger partial charge in [-0.15, -0.1) is 0 Å². The maximum atomic E-state index is 9.51. The molecule has 2 aliphatic rings. The van der Waals surface area contributed by atoms with Crippen molar-refractivity contribution < 1.29 is 5.11 Å². The van der Waals surface area contributed by atoms with Crippen LogP contribution in [0.1, 0.15) is 29.9 Å². The summed E-state index contributed by atoms with van der Waals surface area (Å²) in [7, 11) is 0. The van der Waals surface area contributed by atoms with Crippen LogP contribution in [0.3, 0.4) is 0 Å². The molecule has 2 heterocycles. The number of nitrogens with zero attached hydrogens (tertiary/aromatic N) is 1. The molecule has 0 unspecified atom stereocenters. The molecule has 3 heteroatoms. The Morgan fingerprint density at radius 3 is 3.20 bits per heavy atom. The highest BCUT2D eigenvalue weighted by Crippen LogP contribution is 2.41. The second-order valence-electron chi connectivity index (χ2n) is 6.10. The Morgan fingerprint density at radius 2 is 2.35 bits per heavy atom. The normalized spacial score (nSPS) is 24.6. The van der Waals surface area contributed by atoms with Crippen LogP contribution in [0.4, 0.5) is 0 Å². The Bertz CT molecular complexity index is 686. The van der Waals surface area contributed by atoms with Crippen LogP contribution in [0.25, 0.3) is 10.9 Å². The predicted molar refractivity (Wildman–Crippen MR) is 81.2 cm³/mol. The molecule has 1 aliphatic carbocycles. The van der Waals surface area contributed by atoms with Gasteiger partial charge in [-0.05, 0) is 43.0 Å². The highest BCUT2D eigenvalue weighted by molar-refractivity contribution is 5.89. The summed E-state index contributed by atoms with van der Waals surface area (Å²) in [6, 6.07) is 7.17. The maximum absolute atomic E-state index is 9.51. The fourth-order valence-electron chi connectivity index (χ4n) is 4.04. The molecule has 2 N–H and O–H groups in total. The minimum absolute atomic E-state index is 0.216. The number of allylic oxidation sites excluding steroid dienone is 1. The smallest absolute Gasteiger partial charge is 0.105 e. The van der Waals surface area contributed by atoms with Crippen LogP contribution in [0, 0.1) is 0 Å². The number of aliphatic hydroxyl groups excluding tert-OH is 1. The minimum Gasteiger partial charge on any atom is -0.511 e. The van der Waals surface area contributed by atoms with E-state index in [1.165, 1.54) is 34.9 Å². The average Bonchev–Trinajstić information content (AvgIpc) is 2.78. The Hall–Kier alpha value is -1.74. The van der Waals surface area contributed by atoms with E-state index < -0.39 is 0 Å². The van der Waals surface area contributed by atoms with Gasteiger partial charge in [-0.3, -0.25) is 0 Å². The van der Waals surface area contributed by atoms with Crippen molar-refractivity contribution in [3.63, 3.8) is 0 Å². The second-order valence-corrected chi connectivity index (χ2v) is 6.10. The summed E-state index contributed by atoms with van der Waals surface area (Å²) in [6.07, 6.45) is 5.85. The van der Waals surface area contributed by atoms with Crippen molar-refractivity contribution in [3.8, 4) is 0 Å². The molecule has 2 aromatic rings. The van der Waals surface area contributed by atoms with E-state index in [1.807, 2.05) is 0 Å². The van der Waals surface area contributed by atoms with Crippen LogP contribution in [0.2, 0.25) is 0 Å². The lowest BCUT2D eigenvalue weighted by Gasteiger charge is -2.36. The lowest BCUT2D eigenvalue weighted by Crippen LogP contribution is -2.43. The first kappa shape index (κ1) is 12.0. The summed E-state index contributed by atoms with van der Waals surface area (Å²) in [6.45, 7) is 5.25. The first-order valence-electron chi connectivity index (χ1n) is 7.45. The predicted octanol–water partition coefficient (Wildman–Crippen LogP) is 3.10. The van der Waals surface area contributed by atoms with Gasteiger partial charge in [0.05, 0.1) is 6.54 Å². The number of rotatable bonds is 2. The topological polar surface area (TPSA) is 37.2 Å². The van der Waals surface area contributed by atoms with Crippen molar-refractivity contribution in [2.75, 3.05) is 6.54 Å². The summed E-state index contributed by atoms with van der Waals surface area (Å²) in [5.74, 6) is 0.863. The second kappa shape index (κ2) is 4.38. The lowest BCUT2D eigenvalue weighted by atomic mass is 9.76. The van der Waals surface area contributed by atoms with E-state index >= 15 is 0 Å². The van der Waals surface area contributed by atoms with Crippen LogP contribution < -0.4 is 5.32 Å². The molecule has 0 bridgehead atoms. The van der Waals surface area contributed by atoms with E-state index in [0.29, 0.717) is 18.5 Å². The van der Waals surface area contributed by atoms with Gasteiger partial charge < -0.3 is 15.0 Å². The highest BCUT2D eigenvalue weighted by atomic mass is 16.3. The zero-order valence-corrected chi connectivity index (χ0v) is 11.6. The van der Waals surface area contributed by atoms with Crippen molar-refractivity contribution in [1.82, 2.24) is 9.88 Å². The molecule has 4 rings (SSSR count). The van der Waals surface area contributed by atoms with Gasteiger partial charge in [-0.25, -0.2) is 0 Å². The van der Waals surface area contributed by atoms with Crippen molar-refractivity contribution in [1.29, 1.82) is 0 Å². The number of aliphatic hydroxyl groups is 1. The Morgan fingerprint density at radius 1 is 1.45 bits per heavy atom. The standard InChI is InChI=1S/C17H20N2O/c1-11(20)9-19-10-12-8-15-13(5-3-7-18-15)14-4-2-6-16(19)17(12)14/h2,4,6,10,13,15,18,20H,1,3,5,7-9H2/t13-,15-/m1/s1. The summed E-state index contributed by atoms with van der Waals surface area (Å²) >= 11 is 0. The highest BCUT2D eigenvalue weighted by Gasteiger charge is 2.33. The first-order chi connectivity index (χ1) is 9.74. The largest absolute Gasteiger partial charge is 0.511 e. The summed E-state index contributed by atoms with van der Waals surface area (Å²) in [4.78, 5) is 0. The van der Waals surface area contributed by atoms with Crippen LogP contribution >= 0.6 is 0 Å². The van der Waals surface area contributed by atoms with Crippen molar-refractivity contribution >= 4 is 10.9 Å². The SMILES string of the molecule is C=C(O)Cn1cc2c3c(cccc31)[C@H]1CCCN[C@@H]1C2. The number of hydrogen-bond donors (Lipinski definition) is 2. The number of hydrogen-bond acceptors (Lipinski definition) is 2. The van der Waals surface area contributed by atoms with Gasteiger partial charge in [0.15, 0.2) is 0 Å². The van der Waals surface area contributed by atoms with E-state index in [-0.39, 0.29) is 5.76 Å². The molecule has 20 heavy (non-hydrogen) atoms. The van der Waals surface area contributed by atoms with Gasteiger partial charge in [0, 0.05) is 29.1 Å². The third-order valence-electron chi connectivity index (χ3n) is 4.79. The fraction of sp³-hybridized carbons (Fsp3) is 0.412. The number of aromatic nitrogens is 1. The van der Waals surface area contributed by atoms with Crippen molar-refractivity contribution in [2.24, 2.45) is 0 Å². The zero-order chi connectivity index (χ0) is 13.7. The van der Waals surface area contributed by atoms with Crippen LogP contribution in [0.15, 0.2) is 36.7 Å². The summed E-state index contributed by atoms with van der Waals surface area (Å²) in [5.41, 5.74) is 4.13. The average molecular weight is 268 g/mol. The number of piperidine rings is 1. The van der Waals surface area contributed by atoms with E-state index in [0.717, 1.165) is 13.0 Å². The molecule has 1 saturated heterocycles. The molecule has 1 aromatic heterocycles. The molecule has 104 valence electrons. The van der Waals surface area contributed by atoms with E-state index in [9.17, 15) is 5.11 Å². The van der Waals surface area contributed by atoms with Gasteiger partial charge in [-0.1, -0.05) is 18.7 Å². The third kappa shape index (κ3) is 1.70. The Balaban J connectivity index is 1.90. The van der Waals surface area contributed by atoms with E-state index in [4.69, 9.17) is 0 Å². The van der Waals surface area contributed by atoms with Crippen LogP contribution in [-0.4, -0.2) is 22.3 Å². The first-order valence-corrected chi connectivity index (χ1v) is 7.45. The molecule has 3 nitrogen and oxygen atoms in total. The van der Waals surface area contributed by atoms with Crippen LogP contribution in [0.5, 0.6) is 0 Å². The minimum atomic E-state index is 0.216. The van der Waals surface area contributed by atoms with Crippen molar-refractivity contribution in [3.05, 3.63) is 47.9 Å². The summed E-state index contributed by atoms with van der Waals surface area (Å²) in [5, 5.41) is 14.6. The van der Waals surface area contributed by atoms with Gasteiger partial charge in [0.2, 0.25) is 0 Å². The fourth-order valence-corrected chi connectivity index (χ4v) is 4.04. The number of benzene rings is 1. The molecule has 0 amide bonds. The van der Waals surface area contributed by atoms with Gasteiger partial charge in [-0.2, -0.15) is 0 Å². The zero-order valence-electron chi connectivity index (χ0n) is 11.6. The molecular weight excluding hydrogens is 248 g/mol. The van der Waals surface area contributed by atoms with Crippen molar-refractivity contribution in [2.45, 2.75) is 37.8 Å². The monoisotopic (exact) mass is 268 g/mol. The third-order valence-corrected chi connectivity index (χ3v) is 4.79. The van der Waals surface area contributed by atoms with E-state index in [1.54, 1.807) is 0 Å². The van der Waals surface area contributed by atoms with Gasteiger partial charge >= 0.3 is 0 Å². The van der Waals surface area contributed by atoms with E-state index in [2.05, 4.69) is 40.9 Å². The quantitative estimate of drug-likeness (QED) is 0.821. The van der Waals surface area contributed by atoms with Gasteiger partial charge in [0.1, 0.15) is 5.76 Å². The summed E-state index contributed by atoms with van der Waals surface area (Å²) < 4.78 is 2.13. The molecule has 0 radical (unpaired) electrons. The molecule has 0 saturated carbocycles. The molecule has 1 fully saturated rings. The lowest BCUT2D eigenvalue weighted by molar-refractivity contribution is 0.345. The molecule has 1 aliphatic heterocycles. The van der Waals surface area contributed by atoms with Crippen LogP contribution in [-0.2, 0) is 13.0 Å². The Labute approximate surface area is 118 Å². The molecule has 1 aromatic carbocycles. The number of nitrogens with one attached hydrogen (secondary N) is 1. The maximum Gasteiger partial charge on any atom is 0.105 e. The molecular formula is C17H20N2O. The molecule has 0 spiro atoms. The van der Waals surface area contributed by atoms with Gasteiger partial charge in [0.25, 0.3) is 0 Å². The molecule has 2 atom stereocenters. The Kier molecular flexibility index (Phi) is 2.64. The number of fused-ring (bicyclic) bond motifs is 2.